The fourth-order valence-electron chi connectivity index (χ4n) is 2.56. The lowest BCUT2D eigenvalue weighted by molar-refractivity contribution is -0.132. The summed E-state index contributed by atoms with van der Waals surface area (Å²) in [5.41, 5.74) is 7.88. The third-order valence-corrected chi connectivity index (χ3v) is 3.47. The molecule has 21 heavy (non-hydrogen) atoms. The van der Waals surface area contributed by atoms with E-state index in [0.717, 1.165) is 42.4 Å². The molecule has 1 aromatic carbocycles. The van der Waals surface area contributed by atoms with Gasteiger partial charge in [0.25, 0.3) is 5.91 Å². The number of ether oxygens (including phenoxy) is 1. The second kappa shape index (κ2) is 6.23. The summed E-state index contributed by atoms with van der Waals surface area (Å²) in [7, 11) is 0. The quantitative estimate of drug-likeness (QED) is 0.397. The van der Waals surface area contributed by atoms with Crippen LogP contribution in [-0.2, 0) is 22.4 Å². The molecule has 0 unspecified atom stereocenters. The molecule has 0 fully saturated rings. The van der Waals surface area contributed by atoms with Crippen molar-refractivity contribution in [3.8, 4) is 11.8 Å². The second-order valence-corrected chi connectivity index (χ2v) is 4.94. The zero-order valence-electron chi connectivity index (χ0n) is 11.8. The number of hydrogen-bond donors (Lipinski definition) is 1. The minimum absolute atomic E-state index is 0.0805. The Hall–Kier alpha value is -2.61. The zero-order valence-corrected chi connectivity index (χ0v) is 11.8. The second-order valence-electron chi connectivity index (χ2n) is 4.94. The number of primary amides is 1. The topological polar surface area (TPSA) is 93.2 Å². The number of amides is 1. The third kappa shape index (κ3) is 3.29. The van der Waals surface area contributed by atoms with Crippen LogP contribution in [0.5, 0.6) is 5.75 Å². The van der Waals surface area contributed by atoms with Gasteiger partial charge in [-0.25, -0.2) is 0 Å². The van der Waals surface area contributed by atoms with Gasteiger partial charge in [-0.15, -0.1) is 0 Å². The van der Waals surface area contributed by atoms with Crippen molar-refractivity contribution >= 4 is 18.0 Å². The molecule has 1 aliphatic rings. The van der Waals surface area contributed by atoms with Gasteiger partial charge in [-0.3, -0.25) is 9.59 Å². The van der Waals surface area contributed by atoms with Crippen molar-refractivity contribution in [1.82, 2.24) is 0 Å². The fraction of sp³-hybridized carbons (Fsp3) is 0.312. The number of fused-ring (bicyclic) bond motifs is 1. The van der Waals surface area contributed by atoms with Crippen LogP contribution in [0.15, 0.2) is 17.7 Å². The van der Waals surface area contributed by atoms with Crippen LogP contribution in [0.4, 0.5) is 0 Å². The molecular weight excluding hydrogens is 268 g/mol. The number of hydrogen-bond acceptors (Lipinski definition) is 4. The molecule has 5 nitrogen and oxygen atoms in total. The minimum Gasteiger partial charge on any atom is -0.426 e. The smallest absolute Gasteiger partial charge is 0.308 e. The molecule has 0 atom stereocenters. The van der Waals surface area contributed by atoms with Gasteiger partial charge in [0.05, 0.1) is 0 Å². The lowest BCUT2D eigenvalue weighted by Crippen LogP contribution is -2.13. The summed E-state index contributed by atoms with van der Waals surface area (Å²) < 4.78 is 5.23. The van der Waals surface area contributed by atoms with E-state index in [1.54, 1.807) is 18.2 Å². The van der Waals surface area contributed by atoms with Crippen molar-refractivity contribution in [3.63, 3.8) is 0 Å². The van der Waals surface area contributed by atoms with Gasteiger partial charge in [-0.1, -0.05) is 6.07 Å². The predicted octanol–water partition coefficient (Wildman–Crippen LogP) is 1.88. The predicted molar refractivity (Wildman–Crippen MR) is 77.2 cm³/mol. The highest BCUT2D eigenvalue weighted by molar-refractivity contribution is 6.00. The highest BCUT2D eigenvalue weighted by atomic mass is 16.5. The fourth-order valence-corrected chi connectivity index (χ4v) is 2.56. The molecular formula is C16H16N2O3. The summed E-state index contributed by atoms with van der Waals surface area (Å²) >= 11 is 0. The van der Waals surface area contributed by atoms with Gasteiger partial charge >= 0.3 is 5.97 Å². The molecule has 5 heteroatoms. The van der Waals surface area contributed by atoms with Crippen molar-refractivity contribution in [2.24, 2.45) is 5.73 Å². The number of nitriles is 1. The standard InChI is InChI=1S/C16H16N2O3/c1-10(19)21-15-7-6-11(8-12(9-17)16(18)20)13-4-2-3-5-14(13)15/h6-8H,2-5H2,1H3,(H2,18,20)/b12-8+. The lowest BCUT2D eigenvalue weighted by atomic mass is 9.87. The van der Waals surface area contributed by atoms with E-state index in [1.807, 2.05) is 0 Å². The van der Waals surface area contributed by atoms with E-state index >= 15 is 0 Å². The minimum atomic E-state index is -0.744. The van der Waals surface area contributed by atoms with Gasteiger partial charge in [0.1, 0.15) is 17.4 Å². The van der Waals surface area contributed by atoms with Gasteiger partial charge in [-0.05, 0) is 54.5 Å². The SMILES string of the molecule is CC(=O)Oc1ccc(/C=C(\C#N)C(N)=O)c2c1CCCC2. The molecule has 0 spiro atoms. The van der Waals surface area contributed by atoms with Crippen molar-refractivity contribution in [2.75, 3.05) is 0 Å². The summed E-state index contributed by atoms with van der Waals surface area (Å²) in [4.78, 5) is 22.3. The number of carbonyl (C=O) groups is 2. The van der Waals surface area contributed by atoms with Crippen molar-refractivity contribution in [3.05, 3.63) is 34.4 Å². The Morgan fingerprint density at radius 1 is 1.29 bits per heavy atom. The summed E-state index contributed by atoms with van der Waals surface area (Å²) in [6.07, 6.45) is 5.20. The lowest BCUT2D eigenvalue weighted by Gasteiger charge is -2.21. The van der Waals surface area contributed by atoms with Crippen molar-refractivity contribution < 1.29 is 14.3 Å². The summed E-state index contributed by atoms with van der Waals surface area (Å²) in [5.74, 6) is -0.543. The molecule has 2 N–H and O–H groups in total. The Morgan fingerprint density at radius 3 is 2.52 bits per heavy atom. The molecule has 1 amide bonds. The number of nitrogens with two attached hydrogens (primary N) is 1. The Balaban J connectivity index is 2.52. The molecule has 0 radical (unpaired) electrons. The average molecular weight is 284 g/mol. The van der Waals surface area contributed by atoms with Gasteiger partial charge in [0.2, 0.25) is 0 Å². The molecule has 2 rings (SSSR count). The van der Waals surface area contributed by atoms with Crippen LogP contribution in [0, 0.1) is 11.3 Å². The molecule has 0 aromatic heterocycles. The van der Waals surface area contributed by atoms with Crippen LogP contribution < -0.4 is 10.5 Å². The molecule has 0 bridgehead atoms. The zero-order chi connectivity index (χ0) is 15.4. The number of rotatable bonds is 3. The van der Waals surface area contributed by atoms with Crippen LogP contribution in [0.25, 0.3) is 6.08 Å². The van der Waals surface area contributed by atoms with Crippen LogP contribution in [0.3, 0.4) is 0 Å². The number of carbonyl (C=O) groups excluding carboxylic acids is 2. The molecule has 1 aliphatic carbocycles. The number of benzene rings is 1. The monoisotopic (exact) mass is 284 g/mol. The maximum atomic E-state index is 11.2. The maximum absolute atomic E-state index is 11.2. The van der Waals surface area contributed by atoms with Gasteiger partial charge in [0.15, 0.2) is 0 Å². The highest BCUT2D eigenvalue weighted by Crippen LogP contribution is 2.33. The van der Waals surface area contributed by atoms with E-state index in [1.165, 1.54) is 13.0 Å². The highest BCUT2D eigenvalue weighted by Gasteiger charge is 2.18. The summed E-state index contributed by atoms with van der Waals surface area (Å²) in [6.45, 7) is 1.36. The van der Waals surface area contributed by atoms with Crippen LogP contribution in [0.2, 0.25) is 0 Å². The van der Waals surface area contributed by atoms with E-state index in [-0.39, 0.29) is 11.5 Å². The summed E-state index contributed by atoms with van der Waals surface area (Å²) in [5, 5.41) is 8.95. The molecule has 0 saturated carbocycles. The van der Waals surface area contributed by atoms with Crippen molar-refractivity contribution in [1.29, 1.82) is 5.26 Å². The summed E-state index contributed by atoms with van der Waals surface area (Å²) in [6, 6.07) is 5.26. The van der Waals surface area contributed by atoms with Crippen LogP contribution >= 0.6 is 0 Å². The number of esters is 1. The van der Waals surface area contributed by atoms with Gasteiger partial charge in [0, 0.05) is 6.92 Å². The van der Waals surface area contributed by atoms with Crippen LogP contribution in [-0.4, -0.2) is 11.9 Å². The normalized spacial score (nSPS) is 14.0. The van der Waals surface area contributed by atoms with E-state index in [2.05, 4.69) is 0 Å². The van der Waals surface area contributed by atoms with E-state index < -0.39 is 5.91 Å². The first kappa shape index (κ1) is 14.8. The maximum Gasteiger partial charge on any atom is 0.308 e. The Morgan fingerprint density at radius 2 is 1.95 bits per heavy atom. The molecule has 0 aliphatic heterocycles. The first-order chi connectivity index (χ1) is 10.0. The van der Waals surface area contributed by atoms with E-state index in [4.69, 9.17) is 15.7 Å². The Kier molecular flexibility index (Phi) is 4.39. The molecule has 1 aromatic rings. The molecule has 0 saturated heterocycles. The first-order valence-corrected chi connectivity index (χ1v) is 6.77. The molecule has 108 valence electrons. The average Bonchev–Trinajstić information content (AvgIpc) is 2.45. The van der Waals surface area contributed by atoms with Gasteiger partial charge < -0.3 is 10.5 Å². The Labute approximate surface area is 123 Å². The first-order valence-electron chi connectivity index (χ1n) is 6.77. The number of nitrogens with zero attached hydrogens (tertiary/aromatic N) is 1. The van der Waals surface area contributed by atoms with Gasteiger partial charge in [-0.2, -0.15) is 5.26 Å². The van der Waals surface area contributed by atoms with E-state index in [9.17, 15) is 9.59 Å². The third-order valence-electron chi connectivity index (χ3n) is 3.47. The molecule has 0 heterocycles. The Bertz CT molecular complexity index is 669. The van der Waals surface area contributed by atoms with Crippen molar-refractivity contribution in [2.45, 2.75) is 32.6 Å². The largest absolute Gasteiger partial charge is 0.426 e. The van der Waals surface area contributed by atoms with Crippen LogP contribution in [0.1, 0.15) is 36.5 Å². The van der Waals surface area contributed by atoms with E-state index in [0.29, 0.717) is 5.75 Å².